The smallest absolute Gasteiger partial charge is 0.232 e. The Morgan fingerprint density at radius 2 is 1.38 bits per heavy atom. The van der Waals surface area contributed by atoms with E-state index in [0.717, 1.165) is 64.1 Å². The zero-order chi connectivity index (χ0) is 23.2. The van der Waals surface area contributed by atoms with Crippen molar-refractivity contribution in [3.63, 3.8) is 0 Å². The summed E-state index contributed by atoms with van der Waals surface area (Å²) in [6.45, 7) is 8.18. The molecule has 4 heterocycles. The van der Waals surface area contributed by atoms with Crippen molar-refractivity contribution in [3.05, 3.63) is 35.9 Å². The molecule has 0 spiro atoms. The van der Waals surface area contributed by atoms with Crippen molar-refractivity contribution in [1.82, 2.24) is 15.3 Å². The van der Waals surface area contributed by atoms with E-state index in [0.29, 0.717) is 17.6 Å². The van der Waals surface area contributed by atoms with Gasteiger partial charge in [0.15, 0.2) is 5.11 Å². The lowest BCUT2D eigenvalue weighted by Crippen LogP contribution is -2.38. The quantitative estimate of drug-likeness (QED) is 0.604. The van der Waals surface area contributed by atoms with Gasteiger partial charge in [-0.1, -0.05) is 12.1 Å². The largest absolute Gasteiger partial charge is 0.378 e. The summed E-state index contributed by atoms with van der Waals surface area (Å²) in [5, 5.41) is 7.08. The van der Waals surface area contributed by atoms with Crippen LogP contribution in [0.2, 0.25) is 0 Å². The molecule has 0 amide bonds. The molecule has 0 unspecified atom stereocenters. The molecule has 3 saturated heterocycles. The van der Waals surface area contributed by atoms with Crippen LogP contribution in [0.15, 0.2) is 30.3 Å². The van der Waals surface area contributed by atoms with Crippen LogP contribution in [0.5, 0.6) is 0 Å². The predicted octanol–water partition coefficient (Wildman–Crippen LogP) is 3.39. The maximum absolute atomic E-state index is 5.59. The summed E-state index contributed by atoms with van der Waals surface area (Å²) in [6.07, 6.45) is 6.28. The van der Waals surface area contributed by atoms with E-state index in [4.69, 9.17) is 26.9 Å². The van der Waals surface area contributed by atoms with E-state index in [1.807, 2.05) is 0 Å². The average molecular weight is 482 g/mol. The lowest BCUT2D eigenvalue weighted by molar-refractivity contribution is 0.122. The molecule has 182 valence electrons. The molecule has 3 aliphatic heterocycles. The minimum absolute atomic E-state index is 0.535. The number of benzene rings is 1. The lowest BCUT2D eigenvalue weighted by Gasteiger charge is -2.31. The van der Waals surface area contributed by atoms with Crippen molar-refractivity contribution in [2.45, 2.75) is 38.6 Å². The Hall–Kier alpha value is -2.65. The topological polar surface area (TPSA) is 68.8 Å². The highest BCUT2D eigenvalue weighted by Gasteiger charge is 2.19. The number of aromatic nitrogens is 2. The van der Waals surface area contributed by atoms with Gasteiger partial charge in [0.2, 0.25) is 5.95 Å². The summed E-state index contributed by atoms with van der Waals surface area (Å²) in [4.78, 5) is 16.7. The molecule has 0 radical (unpaired) electrons. The maximum atomic E-state index is 5.59. The molecule has 2 aromatic rings. The third kappa shape index (κ3) is 5.88. The highest BCUT2D eigenvalue weighted by atomic mass is 32.1. The fourth-order valence-corrected chi connectivity index (χ4v) is 5.01. The Kier molecular flexibility index (Phi) is 7.60. The minimum atomic E-state index is 0.535. The number of piperidine rings is 1. The Morgan fingerprint density at radius 1 is 0.794 bits per heavy atom. The zero-order valence-electron chi connectivity index (χ0n) is 19.8. The third-order valence-corrected chi connectivity index (χ3v) is 7.05. The molecule has 1 aromatic heterocycles. The average Bonchev–Trinajstić information content (AvgIpc) is 3.44. The summed E-state index contributed by atoms with van der Waals surface area (Å²) >= 11 is 5.59. The highest BCUT2D eigenvalue weighted by molar-refractivity contribution is 7.80. The molecule has 8 nitrogen and oxygen atoms in total. The van der Waals surface area contributed by atoms with Gasteiger partial charge in [0.1, 0.15) is 11.6 Å². The molecule has 9 heteroatoms. The third-order valence-electron chi connectivity index (χ3n) is 6.80. The fraction of sp³-hybridized carbons (Fsp3) is 0.560. The summed E-state index contributed by atoms with van der Waals surface area (Å²) in [6, 6.07) is 10.9. The number of rotatable bonds is 6. The molecular formula is C25H35N7OS. The van der Waals surface area contributed by atoms with Crippen LogP contribution in [0.1, 0.15) is 37.7 Å². The fourth-order valence-electron chi connectivity index (χ4n) is 4.85. The Balaban J connectivity index is 1.23. The first-order chi connectivity index (χ1) is 16.7. The second-order valence-electron chi connectivity index (χ2n) is 9.22. The molecule has 3 aliphatic rings. The summed E-state index contributed by atoms with van der Waals surface area (Å²) in [5.74, 6) is 2.45. The van der Waals surface area contributed by atoms with E-state index in [-0.39, 0.29) is 0 Å². The van der Waals surface area contributed by atoms with Gasteiger partial charge in [0.05, 0.1) is 13.2 Å². The van der Waals surface area contributed by atoms with Crippen LogP contribution < -0.4 is 25.3 Å². The van der Waals surface area contributed by atoms with Gasteiger partial charge in [-0.15, -0.1) is 0 Å². The summed E-state index contributed by atoms with van der Waals surface area (Å²) in [7, 11) is 0. The number of ether oxygens (including phenoxy) is 1. The molecule has 34 heavy (non-hydrogen) atoms. The van der Waals surface area contributed by atoms with E-state index in [1.54, 1.807) is 0 Å². The standard InChI is InChI=1S/C25H35N7OS/c34-25(26-19-20-6-8-21(9-7-20)30-10-4-5-11-30)29-24-27-22(31-12-2-1-3-13-31)18-23(28-24)32-14-16-33-17-15-32/h6-9,18H,1-5,10-17,19H2,(H2,26,27,28,29,34). The van der Waals surface area contributed by atoms with Crippen LogP contribution in [0.4, 0.5) is 23.3 Å². The van der Waals surface area contributed by atoms with Crippen LogP contribution in [0.25, 0.3) is 0 Å². The first-order valence-electron chi connectivity index (χ1n) is 12.6. The van der Waals surface area contributed by atoms with E-state index in [9.17, 15) is 0 Å². The van der Waals surface area contributed by atoms with Gasteiger partial charge in [-0.2, -0.15) is 9.97 Å². The number of thiocarbonyl (C=S) groups is 1. The Bertz CT molecular complexity index is 916. The monoisotopic (exact) mass is 481 g/mol. The molecule has 0 bridgehead atoms. The second-order valence-corrected chi connectivity index (χ2v) is 9.63. The van der Waals surface area contributed by atoms with E-state index in [1.165, 1.54) is 43.4 Å². The molecule has 0 aliphatic carbocycles. The van der Waals surface area contributed by atoms with Crippen LogP contribution in [-0.2, 0) is 11.3 Å². The summed E-state index contributed by atoms with van der Waals surface area (Å²) in [5.41, 5.74) is 2.50. The summed E-state index contributed by atoms with van der Waals surface area (Å²) < 4.78 is 5.53. The normalized spacial score (nSPS) is 18.8. The molecule has 0 saturated carbocycles. The van der Waals surface area contributed by atoms with E-state index < -0.39 is 0 Å². The van der Waals surface area contributed by atoms with Crippen molar-refractivity contribution in [2.24, 2.45) is 0 Å². The molecule has 5 rings (SSSR count). The molecule has 0 atom stereocenters. The molecule has 1 aromatic carbocycles. The Labute approximate surface area is 207 Å². The van der Waals surface area contributed by atoms with E-state index >= 15 is 0 Å². The van der Waals surface area contributed by atoms with Crippen molar-refractivity contribution >= 4 is 40.6 Å². The van der Waals surface area contributed by atoms with Crippen LogP contribution in [-0.4, -0.2) is 67.6 Å². The number of nitrogens with one attached hydrogen (secondary N) is 2. The maximum Gasteiger partial charge on any atom is 0.232 e. The minimum Gasteiger partial charge on any atom is -0.378 e. The first-order valence-corrected chi connectivity index (χ1v) is 13.0. The molecular weight excluding hydrogens is 446 g/mol. The van der Waals surface area contributed by atoms with Gasteiger partial charge >= 0.3 is 0 Å². The van der Waals surface area contributed by atoms with Crippen molar-refractivity contribution in [1.29, 1.82) is 0 Å². The first kappa shape index (κ1) is 23.1. The van der Waals surface area contributed by atoms with Gasteiger partial charge in [0.25, 0.3) is 0 Å². The number of hydrogen-bond donors (Lipinski definition) is 2. The highest BCUT2D eigenvalue weighted by Crippen LogP contribution is 2.25. The number of nitrogens with zero attached hydrogens (tertiary/aromatic N) is 5. The van der Waals surface area contributed by atoms with Gasteiger partial charge in [-0.05, 0) is 62.0 Å². The Morgan fingerprint density at radius 3 is 2.06 bits per heavy atom. The lowest BCUT2D eigenvalue weighted by atomic mass is 10.1. The van der Waals surface area contributed by atoms with Gasteiger partial charge in [0, 0.05) is 57.6 Å². The zero-order valence-corrected chi connectivity index (χ0v) is 20.7. The van der Waals surface area contributed by atoms with Crippen LogP contribution >= 0.6 is 12.2 Å². The SMILES string of the molecule is S=C(NCc1ccc(N2CCCC2)cc1)Nc1nc(N2CCCCC2)cc(N2CCOCC2)n1. The number of anilines is 4. The van der Waals surface area contributed by atoms with Crippen LogP contribution in [0.3, 0.4) is 0 Å². The van der Waals surface area contributed by atoms with Crippen molar-refractivity contribution < 1.29 is 4.74 Å². The van der Waals surface area contributed by atoms with Crippen LogP contribution in [0, 0.1) is 0 Å². The second kappa shape index (κ2) is 11.2. The number of morpholine rings is 1. The van der Waals surface area contributed by atoms with Crippen molar-refractivity contribution in [3.8, 4) is 0 Å². The predicted molar refractivity (Wildman–Crippen MR) is 142 cm³/mol. The van der Waals surface area contributed by atoms with E-state index in [2.05, 4.69) is 55.7 Å². The molecule has 3 fully saturated rings. The van der Waals surface area contributed by atoms with Gasteiger partial charge in [-0.3, -0.25) is 0 Å². The molecule has 2 N–H and O–H groups in total. The van der Waals surface area contributed by atoms with Gasteiger partial charge in [-0.25, -0.2) is 0 Å². The van der Waals surface area contributed by atoms with Gasteiger partial charge < -0.3 is 30.1 Å². The number of hydrogen-bond acceptors (Lipinski definition) is 7. The van der Waals surface area contributed by atoms with Crippen molar-refractivity contribution in [2.75, 3.05) is 72.5 Å².